The Morgan fingerprint density at radius 2 is 2.31 bits per heavy atom. The third kappa shape index (κ3) is 3.30. The molecule has 0 unspecified atom stereocenters. The van der Waals surface area contributed by atoms with Gasteiger partial charge < -0.3 is 10.1 Å². The summed E-state index contributed by atoms with van der Waals surface area (Å²) in [5.41, 5.74) is -0.146. The van der Waals surface area contributed by atoms with E-state index < -0.39 is 17.8 Å². The predicted molar refractivity (Wildman–Crippen MR) is 53.2 cm³/mol. The highest BCUT2D eigenvalue weighted by molar-refractivity contribution is 5.94. The van der Waals surface area contributed by atoms with E-state index in [9.17, 15) is 14.0 Å². The molecule has 1 N–H and O–H groups in total. The van der Waals surface area contributed by atoms with Gasteiger partial charge in [-0.2, -0.15) is 4.39 Å². The van der Waals surface area contributed by atoms with Gasteiger partial charge in [-0.1, -0.05) is 0 Å². The van der Waals surface area contributed by atoms with Crippen molar-refractivity contribution in [3.63, 3.8) is 0 Å². The summed E-state index contributed by atoms with van der Waals surface area (Å²) < 4.78 is 17.4. The van der Waals surface area contributed by atoms with Gasteiger partial charge >= 0.3 is 5.97 Å². The third-order valence-corrected chi connectivity index (χ3v) is 1.85. The number of amides is 1. The van der Waals surface area contributed by atoms with E-state index in [-0.39, 0.29) is 18.5 Å². The Balaban J connectivity index is 2.47. The number of carbonyl (C=O) groups excluding carboxylic acids is 2. The van der Waals surface area contributed by atoms with Crippen LogP contribution in [0.3, 0.4) is 0 Å². The molecule has 0 aliphatic rings. The van der Waals surface area contributed by atoms with Gasteiger partial charge in [0.05, 0.1) is 19.1 Å². The molecule has 0 bridgehead atoms. The summed E-state index contributed by atoms with van der Waals surface area (Å²) in [5.74, 6) is -1.88. The first kappa shape index (κ1) is 12.1. The van der Waals surface area contributed by atoms with Crippen molar-refractivity contribution in [2.75, 3.05) is 13.7 Å². The third-order valence-electron chi connectivity index (χ3n) is 1.85. The van der Waals surface area contributed by atoms with Crippen LogP contribution in [0.4, 0.5) is 4.39 Å². The zero-order chi connectivity index (χ0) is 12.0. The van der Waals surface area contributed by atoms with Gasteiger partial charge in [-0.05, 0) is 12.1 Å². The van der Waals surface area contributed by atoms with Crippen LogP contribution in [0, 0.1) is 5.95 Å². The fourth-order valence-corrected chi connectivity index (χ4v) is 1.03. The lowest BCUT2D eigenvalue weighted by Crippen LogP contribution is -2.27. The lowest BCUT2D eigenvalue weighted by atomic mass is 10.2. The molecule has 0 atom stereocenters. The number of methoxy groups -OCH3 is 1. The minimum absolute atomic E-state index is 0.0458. The van der Waals surface area contributed by atoms with Gasteiger partial charge in [0.2, 0.25) is 5.95 Å². The number of aromatic nitrogens is 1. The molecule has 0 radical (unpaired) electrons. The van der Waals surface area contributed by atoms with Crippen molar-refractivity contribution in [2.24, 2.45) is 0 Å². The van der Waals surface area contributed by atoms with Crippen molar-refractivity contribution in [1.82, 2.24) is 10.3 Å². The lowest BCUT2D eigenvalue weighted by Gasteiger charge is -2.04. The summed E-state index contributed by atoms with van der Waals surface area (Å²) >= 11 is 0. The monoisotopic (exact) mass is 226 g/mol. The zero-order valence-electron chi connectivity index (χ0n) is 8.70. The summed E-state index contributed by atoms with van der Waals surface area (Å²) in [5, 5.41) is 2.39. The average Bonchev–Trinajstić information content (AvgIpc) is 2.29. The SMILES string of the molecule is COC(=O)CCNC(=O)c1cccnc1F. The molecule has 6 heteroatoms. The van der Waals surface area contributed by atoms with Gasteiger partial charge in [-0.25, -0.2) is 4.98 Å². The Bertz CT molecular complexity index is 395. The number of nitrogens with one attached hydrogen (secondary N) is 1. The van der Waals surface area contributed by atoms with E-state index >= 15 is 0 Å². The fraction of sp³-hybridized carbons (Fsp3) is 0.300. The normalized spacial score (nSPS) is 9.62. The van der Waals surface area contributed by atoms with Crippen molar-refractivity contribution >= 4 is 11.9 Å². The van der Waals surface area contributed by atoms with Crippen molar-refractivity contribution < 1.29 is 18.7 Å². The first-order valence-corrected chi connectivity index (χ1v) is 4.60. The molecule has 1 amide bonds. The Labute approximate surface area is 91.6 Å². The maximum atomic E-state index is 13.0. The van der Waals surface area contributed by atoms with Crippen molar-refractivity contribution in [1.29, 1.82) is 0 Å². The number of halogens is 1. The quantitative estimate of drug-likeness (QED) is 0.600. The van der Waals surface area contributed by atoms with Crippen molar-refractivity contribution in [3.8, 4) is 0 Å². The number of esters is 1. The van der Waals surface area contributed by atoms with Crippen LogP contribution in [0.1, 0.15) is 16.8 Å². The smallest absolute Gasteiger partial charge is 0.307 e. The Kier molecular flexibility index (Phi) is 4.38. The van der Waals surface area contributed by atoms with Gasteiger partial charge in [0.1, 0.15) is 0 Å². The highest BCUT2D eigenvalue weighted by Crippen LogP contribution is 2.02. The van der Waals surface area contributed by atoms with Crippen LogP contribution in [-0.4, -0.2) is 30.5 Å². The molecule has 0 aliphatic heterocycles. The molecule has 0 aromatic carbocycles. The number of hydrogen-bond donors (Lipinski definition) is 1. The highest BCUT2D eigenvalue weighted by atomic mass is 19.1. The standard InChI is InChI=1S/C10H11FN2O3/c1-16-8(14)4-6-13-10(15)7-3-2-5-12-9(7)11/h2-3,5H,4,6H2,1H3,(H,13,15). The van der Waals surface area contributed by atoms with E-state index in [2.05, 4.69) is 15.0 Å². The Morgan fingerprint density at radius 3 is 2.94 bits per heavy atom. The van der Waals surface area contributed by atoms with E-state index in [1.165, 1.54) is 25.4 Å². The van der Waals surface area contributed by atoms with Crippen LogP contribution >= 0.6 is 0 Å². The van der Waals surface area contributed by atoms with Gasteiger partial charge in [0.25, 0.3) is 5.91 Å². The van der Waals surface area contributed by atoms with Crippen LogP contribution < -0.4 is 5.32 Å². The molecule has 1 heterocycles. The van der Waals surface area contributed by atoms with E-state index in [4.69, 9.17) is 0 Å². The van der Waals surface area contributed by atoms with E-state index in [1.54, 1.807) is 0 Å². The molecule has 1 aromatic heterocycles. The molecular formula is C10H11FN2O3. The second kappa shape index (κ2) is 5.79. The molecule has 86 valence electrons. The molecule has 0 spiro atoms. The van der Waals surface area contributed by atoms with Gasteiger partial charge in [0, 0.05) is 12.7 Å². The molecule has 0 saturated heterocycles. The average molecular weight is 226 g/mol. The molecule has 16 heavy (non-hydrogen) atoms. The number of nitrogens with zero attached hydrogens (tertiary/aromatic N) is 1. The second-order valence-corrected chi connectivity index (χ2v) is 2.92. The van der Waals surface area contributed by atoms with E-state index in [0.29, 0.717) is 0 Å². The molecule has 0 saturated carbocycles. The number of hydrogen-bond acceptors (Lipinski definition) is 4. The second-order valence-electron chi connectivity index (χ2n) is 2.92. The molecule has 5 nitrogen and oxygen atoms in total. The summed E-state index contributed by atoms with van der Waals surface area (Å²) in [6.07, 6.45) is 1.30. The first-order chi connectivity index (χ1) is 7.65. The van der Waals surface area contributed by atoms with Crippen LogP contribution in [0.2, 0.25) is 0 Å². The van der Waals surface area contributed by atoms with Crippen LogP contribution in [-0.2, 0) is 9.53 Å². The zero-order valence-corrected chi connectivity index (χ0v) is 8.70. The molecular weight excluding hydrogens is 215 g/mol. The van der Waals surface area contributed by atoms with Crippen LogP contribution in [0.15, 0.2) is 18.3 Å². The predicted octanol–water partition coefficient (Wildman–Crippen LogP) is 0.514. The molecule has 0 fully saturated rings. The summed E-state index contributed by atoms with van der Waals surface area (Å²) in [6, 6.07) is 2.77. The first-order valence-electron chi connectivity index (χ1n) is 4.60. The number of ether oxygens (including phenoxy) is 1. The summed E-state index contributed by atoms with van der Waals surface area (Å²) in [4.78, 5) is 25.5. The minimum Gasteiger partial charge on any atom is -0.469 e. The molecule has 1 rings (SSSR count). The van der Waals surface area contributed by atoms with E-state index in [1.807, 2.05) is 0 Å². The molecule has 0 aliphatic carbocycles. The number of rotatable bonds is 4. The van der Waals surface area contributed by atoms with Crippen molar-refractivity contribution in [3.05, 3.63) is 29.8 Å². The van der Waals surface area contributed by atoms with Gasteiger partial charge in [0.15, 0.2) is 0 Å². The number of carbonyl (C=O) groups is 2. The highest BCUT2D eigenvalue weighted by Gasteiger charge is 2.11. The minimum atomic E-state index is -0.835. The molecule has 1 aromatic rings. The van der Waals surface area contributed by atoms with Gasteiger partial charge in [-0.3, -0.25) is 9.59 Å². The summed E-state index contributed by atoms with van der Waals surface area (Å²) in [6.45, 7) is 0.0971. The van der Waals surface area contributed by atoms with E-state index in [0.717, 1.165) is 0 Å². The largest absolute Gasteiger partial charge is 0.469 e. The Hall–Kier alpha value is -1.98. The maximum Gasteiger partial charge on any atom is 0.307 e. The van der Waals surface area contributed by atoms with Crippen LogP contribution in [0.25, 0.3) is 0 Å². The van der Waals surface area contributed by atoms with Crippen LogP contribution in [0.5, 0.6) is 0 Å². The summed E-state index contributed by atoms with van der Waals surface area (Å²) in [7, 11) is 1.25. The maximum absolute atomic E-state index is 13.0. The topological polar surface area (TPSA) is 68.3 Å². The Morgan fingerprint density at radius 1 is 1.56 bits per heavy atom. The fourth-order valence-electron chi connectivity index (χ4n) is 1.03. The number of pyridine rings is 1. The lowest BCUT2D eigenvalue weighted by molar-refractivity contribution is -0.140. The van der Waals surface area contributed by atoms with Crippen molar-refractivity contribution in [2.45, 2.75) is 6.42 Å². The van der Waals surface area contributed by atoms with Gasteiger partial charge in [-0.15, -0.1) is 0 Å².